The van der Waals surface area contributed by atoms with Crippen molar-refractivity contribution in [1.29, 1.82) is 5.26 Å². The maximum atomic E-state index is 12.2. The van der Waals surface area contributed by atoms with Crippen LogP contribution in [0, 0.1) is 18.3 Å². The second kappa shape index (κ2) is 7.76. The van der Waals surface area contributed by atoms with Crippen molar-refractivity contribution in [3.8, 4) is 6.07 Å². The first-order valence-corrected chi connectivity index (χ1v) is 7.08. The highest BCUT2D eigenvalue weighted by Crippen LogP contribution is 2.13. The fourth-order valence-corrected chi connectivity index (χ4v) is 1.98. The number of anilines is 1. The highest BCUT2D eigenvalue weighted by Gasteiger charge is 2.17. The van der Waals surface area contributed by atoms with Gasteiger partial charge in [-0.2, -0.15) is 5.26 Å². The van der Waals surface area contributed by atoms with Crippen LogP contribution in [0.1, 0.15) is 15.9 Å². The van der Waals surface area contributed by atoms with Crippen molar-refractivity contribution in [2.45, 2.75) is 6.92 Å². The van der Waals surface area contributed by atoms with E-state index in [1.54, 1.807) is 48.5 Å². The van der Waals surface area contributed by atoms with Gasteiger partial charge in [-0.15, -0.1) is 0 Å². The highest BCUT2D eigenvalue weighted by atomic mass is 16.5. The molecule has 0 spiro atoms. The number of aryl methyl sites for hydroxylation is 1. The molecule has 0 unspecified atom stereocenters. The Kier molecular flexibility index (Phi) is 5.48. The summed E-state index contributed by atoms with van der Waals surface area (Å²) in [4.78, 5) is 25.4. The average molecular weight is 308 g/mol. The second-order valence-electron chi connectivity index (χ2n) is 4.92. The van der Waals surface area contributed by atoms with E-state index in [2.05, 4.69) is 0 Å². The lowest BCUT2D eigenvalue weighted by atomic mass is 10.1. The molecule has 0 heterocycles. The van der Waals surface area contributed by atoms with Crippen molar-refractivity contribution in [3.05, 3.63) is 65.7 Å². The summed E-state index contributed by atoms with van der Waals surface area (Å²) in [6, 6.07) is 17.6. The molecule has 2 aromatic rings. The van der Waals surface area contributed by atoms with E-state index in [1.165, 1.54) is 4.90 Å². The van der Waals surface area contributed by atoms with Crippen LogP contribution in [0.4, 0.5) is 5.69 Å². The van der Waals surface area contributed by atoms with Gasteiger partial charge < -0.3 is 4.74 Å². The maximum Gasteiger partial charge on any atom is 0.338 e. The van der Waals surface area contributed by atoms with Crippen LogP contribution in [0.5, 0.6) is 0 Å². The maximum absolute atomic E-state index is 12.2. The molecular weight excluding hydrogens is 292 g/mol. The third-order valence-electron chi connectivity index (χ3n) is 3.21. The lowest BCUT2D eigenvalue weighted by molar-refractivity contribution is -0.121. The van der Waals surface area contributed by atoms with Gasteiger partial charge in [-0.05, 0) is 31.2 Å². The lowest BCUT2D eigenvalue weighted by Crippen LogP contribution is -2.35. The minimum Gasteiger partial charge on any atom is -0.452 e. The first-order chi connectivity index (χ1) is 11.1. The number of benzene rings is 2. The van der Waals surface area contributed by atoms with Gasteiger partial charge in [-0.25, -0.2) is 4.79 Å². The second-order valence-corrected chi connectivity index (χ2v) is 4.92. The molecule has 5 heteroatoms. The van der Waals surface area contributed by atoms with Crippen molar-refractivity contribution < 1.29 is 14.3 Å². The SMILES string of the molecule is Cc1ccc(C(=O)OCC(=O)N(CC#N)c2ccccc2)cc1. The van der Waals surface area contributed by atoms with E-state index in [-0.39, 0.29) is 6.54 Å². The number of hydrogen-bond donors (Lipinski definition) is 0. The molecule has 5 nitrogen and oxygen atoms in total. The summed E-state index contributed by atoms with van der Waals surface area (Å²) in [5.74, 6) is -1.01. The van der Waals surface area contributed by atoms with Crippen molar-refractivity contribution >= 4 is 17.6 Å². The Hall–Kier alpha value is -3.13. The summed E-state index contributed by atoms with van der Waals surface area (Å²) in [5, 5.41) is 8.88. The van der Waals surface area contributed by atoms with Crippen LogP contribution in [0.25, 0.3) is 0 Å². The molecule has 0 aromatic heterocycles. The van der Waals surface area contributed by atoms with Gasteiger partial charge in [0.1, 0.15) is 6.54 Å². The van der Waals surface area contributed by atoms with Crippen molar-refractivity contribution in [2.24, 2.45) is 0 Å². The van der Waals surface area contributed by atoms with E-state index in [0.29, 0.717) is 11.3 Å². The van der Waals surface area contributed by atoms with Crippen molar-refractivity contribution in [1.82, 2.24) is 0 Å². The lowest BCUT2D eigenvalue weighted by Gasteiger charge is -2.19. The smallest absolute Gasteiger partial charge is 0.338 e. The molecule has 0 aliphatic rings. The Labute approximate surface area is 134 Å². The van der Waals surface area contributed by atoms with Gasteiger partial charge in [0.15, 0.2) is 6.61 Å². The van der Waals surface area contributed by atoms with E-state index in [1.807, 2.05) is 19.1 Å². The molecule has 0 radical (unpaired) electrons. The van der Waals surface area contributed by atoms with Gasteiger partial charge in [0, 0.05) is 5.69 Å². The van der Waals surface area contributed by atoms with Gasteiger partial charge in [0.2, 0.25) is 0 Å². The molecule has 0 aliphatic carbocycles. The topological polar surface area (TPSA) is 70.4 Å². The van der Waals surface area contributed by atoms with Gasteiger partial charge >= 0.3 is 5.97 Å². The van der Waals surface area contributed by atoms with Crippen LogP contribution in [-0.4, -0.2) is 25.0 Å². The molecule has 116 valence electrons. The van der Waals surface area contributed by atoms with Crippen LogP contribution < -0.4 is 4.90 Å². The molecule has 0 N–H and O–H groups in total. The Morgan fingerprint density at radius 1 is 1.09 bits per heavy atom. The number of nitrogens with zero attached hydrogens (tertiary/aromatic N) is 2. The van der Waals surface area contributed by atoms with Crippen molar-refractivity contribution in [3.63, 3.8) is 0 Å². The third kappa shape index (κ3) is 4.42. The molecule has 2 rings (SSSR count). The molecule has 2 aromatic carbocycles. The summed E-state index contributed by atoms with van der Waals surface area (Å²) < 4.78 is 5.04. The molecule has 0 bridgehead atoms. The average Bonchev–Trinajstić information content (AvgIpc) is 2.58. The zero-order valence-electron chi connectivity index (χ0n) is 12.7. The Balaban J connectivity index is 2.01. The van der Waals surface area contributed by atoms with E-state index < -0.39 is 18.5 Å². The summed E-state index contributed by atoms with van der Waals surface area (Å²) in [7, 11) is 0. The van der Waals surface area contributed by atoms with Gasteiger partial charge in [0.25, 0.3) is 5.91 Å². The number of nitriles is 1. The monoisotopic (exact) mass is 308 g/mol. The Morgan fingerprint density at radius 3 is 2.35 bits per heavy atom. The summed E-state index contributed by atoms with van der Waals surface area (Å²) in [5.41, 5.74) is 2.00. The van der Waals surface area contributed by atoms with E-state index >= 15 is 0 Å². The number of amides is 1. The standard InChI is InChI=1S/C18H16N2O3/c1-14-7-9-15(10-8-14)18(22)23-13-17(21)20(12-11-19)16-5-3-2-4-6-16/h2-10H,12-13H2,1H3. The number of ether oxygens (including phenoxy) is 1. The first-order valence-electron chi connectivity index (χ1n) is 7.08. The Morgan fingerprint density at radius 2 is 1.74 bits per heavy atom. The fraction of sp³-hybridized carbons (Fsp3) is 0.167. The van der Waals surface area contributed by atoms with E-state index in [4.69, 9.17) is 10.00 Å². The molecule has 0 saturated heterocycles. The molecule has 0 aliphatic heterocycles. The molecule has 0 fully saturated rings. The minimum atomic E-state index is -0.566. The van der Waals surface area contributed by atoms with E-state index in [0.717, 1.165) is 5.56 Å². The largest absolute Gasteiger partial charge is 0.452 e. The van der Waals surface area contributed by atoms with Crippen molar-refractivity contribution in [2.75, 3.05) is 18.1 Å². The van der Waals surface area contributed by atoms with E-state index in [9.17, 15) is 9.59 Å². The fourth-order valence-electron chi connectivity index (χ4n) is 1.98. The molecule has 23 heavy (non-hydrogen) atoms. The minimum absolute atomic E-state index is 0.106. The number of carbonyl (C=O) groups is 2. The number of carbonyl (C=O) groups excluding carboxylic acids is 2. The van der Waals surface area contributed by atoms with Crippen LogP contribution in [-0.2, 0) is 9.53 Å². The predicted molar refractivity (Wildman–Crippen MR) is 85.9 cm³/mol. The Bertz CT molecular complexity index is 718. The summed E-state index contributed by atoms with van der Waals surface area (Å²) in [6.07, 6.45) is 0. The summed E-state index contributed by atoms with van der Waals surface area (Å²) in [6.45, 7) is 1.40. The normalized spacial score (nSPS) is 9.74. The van der Waals surface area contributed by atoms with Gasteiger partial charge in [0.05, 0.1) is 11.6 Å². The van der Waals surface area contributed by atoms with Gasteiger partial charge in [-0.1, -0.05) is 35.9 Å². The van der Waals surface area contributed by atoms with Crippen LogP contribution in [0.3, 0.4) is 0 Å². The number of hydrogen-bond acceptors (Lipinski definition) is 4. The molecular formula is C18H16N2O3. The number of rotatable bonds is 5. The van der Waals surface area contributed by atoms with Crippen LogP contribution >= 0.6 is 0 Å². The zero-order valence-corrected chi connectivity index (χ0v) is 12.7. The highest BCUT2D eigenvalue weighted by molar-refractivity contribution is 5.97. The molecule has 1 amide bonds. The predicted octanol–water partition coefficient (Wildman–Crippen LogP) is 2.71. The number of para-hydroxylation sites is 1. The zero-order chi connectivity index (χ0) is 16.7. The van der Waals surface area contributed by atoms with Crippen LogP contribution in [0.15, 0.2) is 54.6 Å². The first kappa shape index (κ1) is 16.2. The third-order valence-corrected chi connectivity index (χ3v) is 3.21. The number of esters is 1. The molecule has 0 saturated carbocycles. The quantitative estimate of drug-likeness (QED) is 0.629. The molecule has 0 atom stereocenters. The summed E-state index contributed by atoms with van der Waals surface area (Å²) >= 11 is 0. The van der Waals surface area contributed by atoms with Gasteiger partial charge in [-0.3, -0.25) is 9.69 Å². The van der Waals surface area contributed by atoms with Crippen LogP contribution in [0.2, 0.25) is 0 Å².